The van der Waals surface area contributed by atoms with Crippen LogP contribution in [0.15, 0.2) is 12.1 Å². The third-order valence-corrected chi connectivity index (χ3v) is 3.80. The minimum absolute atomic E-state index is 0.0990. The van der Waals surface area contributed by atoms with Crippen molar-refractivity contribution in [3.8, 4) is 0 Å². The van der Waals surface area contributed by atoms with Gasteiger partial charge in [-0.2, -0.15) is 0 Å². The molecule has 21 heavy (non-hydrogen) atoms. The van der Waals surface area contributed by atoms with Crippen LogP contribution in [-0.2, 0) is 11.8 Å². The highest BCUT2D eigenvalue weighted by Gasteiger charge is 2.32. The zero-order valence-corrected chi connectivity index (χ0v) is 11.7. The zero-order valence-electron chi connectivity index (χ0n) is 11.7. The van der Waals surface area contributed by atoms with Crippen LogP contribution < -0.4 is 0 Å². The Labute approximate surface area is 121 Å². The monoisotopic (exact) mass is 295 g/mol. The fourth-order valence-corrected chi connectivity index (χ4v) is 2.73. The summed E-state index contributed by atoms with van der Waals surface area (Å²) in [6.07, 6.45) is 2.24. The fourth-order valence-electron chi connectivity index (χ4n) is 2.73. The van der Waals surface area contributed by atoms with Crippen molar-refractivity contribution in [1.29, 1.82) is 0 Å². The zero-order chi connectivity index (χ0) is 15.6. The Kier molecular flexibility index (Phi) is 4.25. The average molecular weight is 295 g/mol. The number of aromatic nitrogens is 1. The van der Waals surface area contributed by atoms with Gasteiger partial charge in [-0.3, -0.25) is 9.59 Å². The molecule has 8 heteroatoms. The number of carboxylic acids is 1. The molecule has 0 radical (unpaired) electrons. The van der Waals surface area contributed by atoms with Crippen molar-refractivity contribution in [2.75, 3.05) is 6.54 Å². The number of hydrogen-bond acceptors (Lipinski definition) is 4. The highest BCUT2D eigenvalue weighted by atomic mass is 16.6. The van der Waals surface area contributed by atoms with Crippen molar-refractivity contribution in [3.05, 3.63) is 27.9 Å². The van der Waals surface area contributed by atoms with Gasteiger partial charge in [-0.15, -0.1) is 0 Å². The standard InChI is InChI=1S/C13H17N3O5/c1-14-10(5-6-11(14)16(20)21)13(19)15-7-3-2-4-9(15)8-12(17)18/h5-6,9H,2-4,7-8H2,1H3,(H,17,18). The van der Waals surface area contributed by atoms with E-state index in [-0.39, 0.29) is 29.9 Å². The van der Waals surface area contributed by atoms with Crippen molar-refractivity contribution in [2.45, 2.75) is 31.7 Å². The molecule has 1 unspecified atom stereocenters. The molecule has 1 saturated heterocycles. The van der Waals surface area contributed by atoms with E-state index in [2.05, 4.69) is 0 Å². The molecule has 1 aromatic rings. The molecule has 0 spiro atoms. The van der Waals surface area contributed by atoms with E-state index in [4.69, 9.17) is 5.11 Å². The number of rotatable bonds is 4. The van der Waals surface area contributed by atoms with E-state index in [1.165, 1.54) is 28.6 Å². The molecule has 1 amide bonds. The van der Waals surface area contributed by atoms with Crippen molar-refractivity contribution in [1.82, 2.24) is 9.47 Å². The van der Waals surface area contributed by atoms with Gasteiger partial charge in [0.05, 0.1) is 13.5 Å². The van der Waals surface area contributed by atoms with Crippen LogP contribution in [0.3, 0.4) is 0 Å². The van der Waals surface area contributed by atoms with Crippen LogP contribution in [0, 0.1) is 10.1 Å². The molecule has 114 valence electrons. The molecule has 2 rings (SSSR count). The van der Waals surface area contributed by atoms with Gasteiger partial charge in [-0.1, -0.05) is 0 Å². The van der Waals surface area contributed by atoms with Gasteiger partial charge in [0.2, 0.25) is 0 Å². The van der Waals surface area contributed by atoms with Gasteiger partial charge in [0.1, 0.15) is 0 Å². The van der Waals surface area contributed by atoms with E-state index in [9.17, 15) is 19.7 Å². The Hall–Kier alpha value is -2.38. The summed E-state index contributed by atoms with van der Waals surface area (Å²) in [5.74, 6) is -1.46. The first-order chi connectivity index (χ1) is 9.91. The Balaban J connectivity index is 2.24. The average Bonchev–Trinajstić information content (AvgIpc) is 2.80. The summed E-state index contributed by atoms with van der Waals surface area (Å²) in [6, 6.07) is 2.34. The molecule has 0 aliphatic carbocycles. The number of nitrogens with zero attached hydrogens (tertiary/aromatic N) is 3. The Bertz CT molecular complexity index is 580. The second kappa shape index (κ2) is 5.94. The lowest BCUT2D eigenvalue weighted by molar-refractivity contribution is -0.391. The lowest BCUT2D eigenvalue weighted by Crippen LogP contribution is -2.45. The van der Waals surface area contributed by atoms with Crippen molar-refractivity contribution < 1.29 is 19.6 Å². The quantitative estimate of drug-likeness (QED) is 0.667. The van der Waals surface area contributed by atoms with E-state index in [1.807, 2.05) is 0 Å². The number of nitro groups is 1. The highest BCUT2D eigenvalue weighted by molar-refractivity contribution is 5.93. The van der Waals surface area contributed by atoms with Crippen LogP contribution in [0.1, 0.15) is 36.2 Å². The fraction of sp³-hybridized carbons (Fsp3) is 0.538. The molecule has 1 atom stereocenters. The summed E-state index contributed by atoms with van der Waals surface area (Å²) < 4.78 is 1.23. The topological polar surface area (TPSA) is 106 Å². The Morgan fingerprint density at radius 1 is 1.43 bits per heavy atom. The molecule has 1 N–H and O–H groups in total. The minimum atomic E-state index is -0.947. The maximum absolute atomic E-state index is 12.5. The summed E-state index contributed by atoms with van der Waals surface area (Å²) in [6.45, 7) is 0.482. The largest absolute Gasteiger partial charge is 0.481 e. The summed E-state index contributed by atoms with van der Waals surface area (Å²) in [5, 5.41) is 19.8. The maximum Gasteiger partial charge on any atom is 0.323 e. The second-order valence-electron chi connectivity index (χ2n) is 5.14. The summed E-state index contributed by atoms with van der Waals surface area (Å²) in [4.78, 5) is 35.2. The van der Waals surface area contributed by atoms with Gasteiger partial charge in [0.15, 0.2) is 5.69 Å². The third kappa shape index (κ3) is 3.04. The molecule has 2 heterocycles. The summed E-state index contributed by atoms with van der Waals surface area (Å²) in [5.41, 5.74) is 0.207. The normalized spacial score (nSPS) is 18.5. The molecule has 8 nitrogen and oxygen atoms in total. The second-order valence-corrected chi connectivity index (χ2v) is 5.14. The van der Waals surface area contributed by atoms with E-state index in [0.717, 1.165) is 12.8 Å². The predicted molar refractivity (Wildman–Crippen MR) is 73.0 cm³/mol. The molecule has 0 saturated carbocycles. The SMILES string of the molecule is Cn1c(C(=O)N2CCCCC2CC(=O)O)ccc1[N+](=O)[O-]. The highest BCUT2D eigenvalue weighted by Crippen LogP contribution is 2.24. The predicted octanol–water partition coefficient (Wildman–Crippen LogP) is 1.40. The molecule has 0 aromatic carbocycles. The molecule has 0 bridgehead atoms. The van der Waals surface area contributed by atoms with E-state index < -0.39 is 10.9 Å². The molecule has 1 aliphatic rings. The molecular weight excluding hydrogens is 278 g/mol. The number of carbonyl (C=O) groups excluding carboxylic acids is 1. The van der Waals surface area contributed by atoms with Crippen LogP contribution in [0.25, 0.3) is 0 Å². The molecular formula is C13H17N3O5. The molecule has 1 aromatic heterocycles. The van der Waals surface area contributed by atoms with Gasteiger partial charge < -0.3 is 20.1 Å². The van der Waals surface area contributed by atoms with E-state index in [1.54, 1.807) is 0 Å². The van der Waals surface area contributed by atoms with Gasteiger partial charge in [0.25, 0.3) is 5.91 Å². The number of piperidine rings is 1. The number of aliphatic carboxylic acids is 1. The first-order valence-corrected chi connectivity index (χ1v) is 6.74. The lowest BCUT2D eigenvalue weighted by Gasteiger charge is -2.34. The number of hydrogen-bond donors (Lipinski definition) is 1. The van der Waals surface area contributed by atoms with Crippen molar-refractivity contribution >= 4 is 17.7 Å². The summed E-state index contributed by atoms with van der Waals surface area (Å²) in [7, 11) is 1.46. The van der Waals surface area contributed by atoms with Crippen LogP contribution in [-0.4, -0.2) is 44.0 Å². The van der Waals surface area contributed by atoms with Gasteiger partial charge >= 0.3 is 11.8 Å². The molecule has 1 aliphatic heterocycles. The number of carboxylic acid groups (broad SMARTS) is 1. The van der Waals surface area contributed by atoms with Crippen LogP contribution in [0.2, 0.25) is 0 Å². The minimum Gasteiger partial charge on any atom is -0.481 e. The van der Waals surface area contributed by atoms with Crippen LogP contribution >= 0.6 is 0 Å². The van der Waals surface area contributed by atoms with Crippen LogP contribution in [0.5, 0.6) is 0 Å². The first-order valence-electron chi connectivity index (χ1n) is 6.74. The third-order valence-electron chi connectivity index (χ3n) is 3.80. The number of amides is 1. The van der Waals surface area contributed by atoms with Gasteiger partial charge in [-0.05, 0) is 30.3 Å². The first kappa shape index (κ1) is 15.0. The molecule has 1 fully saturated rings. The van der Waals surface area contributed by atoms with Gasteiger partial charge in [-0.25, -0.2) is 4.57 Å². The Morgan fingerprint density at radius 3 is 2.71 bits per heavy atom. The number of carbonyl (C=O) groups is 2. The maximum atomic E-state index is 12.5. The van der Waals surface area contributed by atoms with E-state index >= 15 is 0 Å². The van der Waals surface area contributed by atoms with Crippen LogP contribution in [0.4, 0.5) is 5.82 Å². The van der Waals surface area contributed by atoms with Crippen molar-refractivity contribution in [3.63, 3.8) is 0 Å². The van der Waals surface area contributed by atoms with Gasteiger partial charge in [0, 0.05) is 18.7 Å². The van der Waals surface area contributed by atoms with E-state index in [0.29, 0.717) is 13.0 Å². The van der Waals surface area contributed by atoms with Crippen molar-refractivity contribution in [2.24, 2.45) is 7.05 Å². The lowest BCUT2D eigenvalue weighted by atomic mass is 9.99. The smallest absolute Gasteiger partial charge is 0.323 e. The Morgan fingerprint density at radius 2 is 2.14 bits per heavy atom. The number of likely N-dealkylation sites (tertiary alicyclic amines) is 1. The summed E-state index contributed by atoms with van der Waals surface area (Å²) >= 11 is 0.